The van der Waals surface area contributed by atoms with Gasteiger partial charge < -0.3 is 15.4 Å². The minimum atomic E-state index is -0.266. The monoisotopic (exact) mass is 403 g/mol. The second kappa shape index (κ2) is 9.80. The zero-order chi connectivity index (χ0) is 21.5. The number of carbonyl (C=O) groups is 2. The van der Waals surface area contributed by atoms with E-state index in [0.717, 1.165) is 16.7 Å². The number of ether oxygens (including phenoxy) is 1. The fourth-order valence-corrected chi connectivity index (χ4v) is 3.05. The molecular weight excluding hydrogens is 378 g/mol. The maximum atomic E-state index is 12.8. The summed E-state index contributed by atoms with van der Waals surface area (Å²) in [5.41, 5.74) is 4.44. The van der Waals surface area contributed by atoms with E-state index < -0.39 is 0 Å². The second-order valence-corrected chi connectivity index (χ2v) is 7.18. The van der Waals surface area contributed by atoms with Crippen LogP contribution in [0.15, 0.2) is 67.0 Å². The third-order valence-electron chi connectivity index (χ3n) is 4.57. The molecule has 3 aromatic rings. The number of carbonyl (C=O) groups excluding carboxylic acids is 2. The van der Waals surface area contributed by atoms with Crippen LogP contribution in [0.1, 0.15) is 33.2 Å². The van der Waals surface area contributed by atoms with Gasteiger partial charge in [-0.25, -0.2) is 0 Å². The molecule has 0 spiro atoms. The van der Waals surface area contributed by atoms with Gasteiger partial charge >= 0.3 is 0 Å². The molecule has 2 aromatic carbocycles. The van der Waals surface area contributed by atoms with Crippen molar-refractivity contribution in [2.24, 2.45) is 0 Å². The molecule has 0 saturated heterocycles. The summed E-state index contributed by atoms with van der Waals surface area (Å²) in [6.07, 6.45) is 3.13. The predicted octanol–water partition coefficient (Wildman–Crippen LogP) is 4.07. The molecule has 0 aliphatic carbocycles. The minimum absolute atomic E-state index is 0.139. The first kappa shape index (κ1) is 21.2. The summed E-state index contributed by atoms with van der Waals surface area (Å²) in [5.74, 6) is -0.495. The van der Waals surface area contributed by atoms with Crippen LogP contribution in [0.3, 0.4) is 0 Å². The van der Waals surface area contributed by atoms with Gasteiger partial charge in [0.05, 0.1) is 6.61 Å². The van der Waals surface area contributed by atoms with Crippen LogP contribution in [0.2, 0.25) is 0 Å². The number of hydrogen-bond donors (Lipinski definition) is 2. The smallest absolute Gasteiger partial charge is 0.255 e. The van der Waals surface area contributed by atoms with Crippen molar-refractivity contribution in [2.45, 2.75) is 19.9 Å². The molecule has 1 unspecified atom stereocenters. The number of aromatic nitrogens is 1. The topological polar surface area (TPSA) is 80.3 Å². The van der Waals surface area contributed by atoms with E-state index in [4.69, 9.17) is 4.74 Å². The van der Waals surface area contributed by atoms with Gasteiger partial charge in [0, 0.05) is 42.4 Å². The van der Waals surface area contributed by atoms with E-state index in [9.17, 15) is 9.59 Å². The number of aryl methyl sites for hydroxylation is 1. The number of methoxy groups -OCH3 is 1. The zero-order valence-corrected chi connectivity index (χ0v) is 17.3. The number of nitrogens with zero attached hydrogens (tertiary/aromatic N) is 1. The third-order valence-corrected chi connectivity index (χ3v) is 4.57. The van der Waals surface area contributed by atoms with Crippen LogP contribution in [0.4, 0.5) is 5.69 Å². The fraction of sp³-hybridized carbons (Fsp3) is 0.208. The maximum absolute atomic E-state index is 12.8. The van der Waals surface area contributed by atoms with Gasteiger partial charge in [-0.1, -0.05) is 29.8 Å². The lowest BCUT2D eigenvalue weighted by atomic mass is 10.0. The Hall–Kier alpha value is -3.51. The first-order valence-corrected chi connectivity index (χ1v) is 9.69. The first-order valence-electron chi connectivity index (χ1n) is 9.69. The van der Waals surface area contributed by atoms with Crippen LogP contribution in [-0.4, -0.2) is 36.6 Å². The standard InChI is InChI=1S/C24H25N3O3/c1-16-4-6-18(7-5-16)20-12-21(24(29)26-17(2)15-30-3)14-22(13-20)27-23(28)19-8-10-25-11-9-19/h4-14,17H,15H2,1-3H3,(H,26,29)(H,27,28). The number of nitrogens with one attached hydrogen (secondary N) is 2. The van der Waals surface area contributed by atoms with Crippen LogP contribution in [0, 0.1) is 6.92 Å². The highest BCUT2D eigenvalue weighted by Crippen LogP contribution is 2.26. The van der Waals surface area contributed by atoms with Crippen molar-refractivity contribution in [2.75, 3.05) is 19.0 Å². The number of amides is 2. The zero-order valence-electron chi connectivity index (χ0n) is 17.3. The van der Waals surface area contributed by atoms with Gasteiger partial charge in [0.15, 0.2) is 0 Å². The summed E-state index contributed by atoms with van der Waals surface area (Å²) in [4.78, 5) is 29.3. The van der Waals surface area contributed by atoms with E-state index in [1.807, 2.05) is 50.2 Å². The highest BCUT2D eigenvalue weighted by Gasteiger charge is 2.14. The van der Waals surface area contributed by atoms with Crippen LogP contribution in [0.5, 0.6) is 0 Å². The van der Waals surface area contributed by atoms with Gasteiger partial charge in [0.1, 0.15) is 0 Å². The van der Waals surface area contributed by atoms with Gasteiger partial charge in [0.25, 0.3) is 11.8 Å². The van der Waals surface area contributed by atoms with Gasteiger partial charge in [-0.3, -0.25) is 14.6 Å². The Morgan fingerprint density at radius 3 is 2.30 bits per heavy atom. The van der Waals surface area contributed by atoms with E-state index in [-0.39, 0.29) is 17.9 Å². The van der Waals surface area contributed by atoms with E-state index in [1.54, 1.807) is 37.7 Å². The molecule has 2 N–H and O–H groups in total. The fourth-order valence-electron chi connectivity index (χ4n) is 3.05. The summed E-state index contributed by atoms with van der Waals surface area (Å²) in [5, 5.41) is 5.79. The van der Waals surface area contributed by atoms with E-state index >= 15 is 0 Å². The van der Waals surface area contributed by atoms with Crippen molar-refractivity contribution >= 4 is 17.5 Å². The molecule has 1 aromatic heterocycles. The third kappa shape index (κ3) is 5.52. The number of hydrogen-bond acceptors (Lipinski definition) is 4. The molecule has 0 bridgehead atoms. The van der Waals surface area contributed by atoms with Crippen LogP contribution in [-0.2, 0) is 4.74 Å². The van der Waals surface area contributed by atoms with Gasteiger partial charge in [-0.2, -0.15) is 0 Å². The number of rotatable bonds is 7. The molecule has 0 aliphatic heterocycles. The maximum Gasteiger partial charge on any atom is 0.255 e. The summed E-state index contributed by atoms with van der Waals surface area (Å²) in [7, 11) is 1.59. The van der Waals surface area contributed by atoms with E-state index in [1.165, 1.54) is 0 Å². The summed E-state index contributed by atoms with van der Waals surface area (Å²) in [6, 6.07) is 16.5. The molecule has 3 rings (SSSR count). The highest BCUT2D eigenvalue weighted by atomic mass is 16.5. The summed E-state index contributed by atoms with van der Waals surface area (Å²) < 4.78 is 5.09. The SMILES string of the molecule is COCC(C)NC(=O)c1cc(NC(=O)c2ccncc2)cc(-c2ccc(C)cc2)c1. The predicted molar refractivity (Wildman–Crippen MR) is 118 cm³/mol. The molecule has 0 fully saturated rings. The quantitative estimate of drug-likeness (QED) is 0.623. The molecule has 6 heteroatoms. The molecule has 154 valence electrons. The molecule has 1 atom stereocenters. The van der Waals surface area contributed by atoms with Crippen LogP contribution >= 0.6 is 0 Å². The Kier molecular flexibility index (Phi) is 6.93. The normalized spacial score (nSPS) is 11.6. The molecule has 1 heterocycles. The van der Waals surface area contributed by atoms with Crippen LogP contribution < -0.4 is 10.6 Å². The molecule has 30 heavy (non-hydrogen) atoms. The summed E-state index contributed by atoms with van der Waals surface area (Å²) >= 11 is 0. The molecule has 0 saturated carbocycles. The lowest BCUT2D eigenvalue weighted by molar-refractivity contribution is 0.0905. The molecule has 6 nitrogen and oxygen atoms in total. The largest absolute Gasteiger partial charge is 0.383 e. The average Bonchev–Trinajstić information content (AvgIpc) is 2.74. The highest BCUT2D eigenvalue weighted by molar-refractivity contribution is 6.05. The Labute approximate surface area is 176 Å². The molecular formula is C24H25N3O3. The second-order valence-electron chi connectivity index (χ2n) is 7.18. The molecule has 2 amide bonds. The van der Waals surface area contributed by atoms with Crippen molar-refractivity contribution in [3.63, 3.8) is 0 Å². The lowest BCUT2D eigenvalue weighted by Gasteiger charge is -2.15. The van der Waals surface area contributed by atoms with Gasteiger partial charge in [-0.05, 0) is 55.3 Å². The Morgan fingerprint density at radius 2 is 1.63 bits per heavy atom. The Morgan fingerprint density at radius 1 is 0.933 bits per heavy atom. The molecule has 0 radical (unpaired) electrons. The minimum Gasteiger partial charge on any atom is -0.383 e. The van der Waals surface area contributed by atoms with Crippen molar-refractivity contribution in [3.05, 3.63) is 83.7 Å². The number of benzene rings is 2. The van der Waals surface area contributed by atoms with Crippen molar-refractivity contribution < 1.29 is 14.3 Å². The van der Waals surface area contributed by atoms with Crippen LogP contribution in [0.25, 0.3) is 11.1 Å². The number of anilines is 1. The Bertz CT molecular complexity index is 1020. The molecule has 0 aliphatic rings. The van der Waals surface area contributed by atoms with Crippen molar-refractivity contribution in [3.8, 4) is 11.1 Å². The van der Waals surface area contributed by atoms with Gasteiger partial charge in [0.2, 0.25) is 0 Å². The first-order chi connectivity index (χ1) is 14.5. The van der Waals surface area contributed by atoms with Crippen molar-refractivity contribution in [1.29, 1.82) is 0 Å². The Balaban J connectivity index is 1.94. The average molecular weight is 403 g/mol. The van der Waals surface area contributed by atoms with E-state index in [0.29, 0.717) is 23.4 Å². The van der Waals surface area contributed by atoms with Crippen molar-refractivity contribution in [1.82, 2.24) is 10.3 Å². The van der Waals surface area contributed by atoms with E-state index in [2.05, 4.69) is 15.6 Å². The van der Waals surface area contributed by atoms with Gasteiger partial charge in [-0.15, -0.1) is 0 Å². The summed E-state index contributed by atoms with van der Waals surface area (Å²) in [6.45, 7) is 4.30. The number of pyridine rings is 1. The lowest BCUT2D eigenvalue weighted by Crippen LogP contribution is -2.35.